The minimum atomic E-state index is 0.638. The van der Waals surface area contributed by atoms with Gasteiger partial charge < -0.3 is 5.32 Å². The molecule has 2 rings (SSSR count). The number of likely N-dealkylation sites (N-methyl/N-ethyl adjacent to an activating group) is 1. The maximum Gasteiger partial charge on any atom is 0.142 e. The SMILES string of the molecule is CN(Cc1ncccn1)[C@@H]1CCNC1. The van der Waals surface area contributed by atoms with Gasteiger partial charge >= 0.3 is 0 Å². The van der Waals surface area contributed by atoms with E-state index in [1.165, 1.54) is 6.42 Å². The number of nitrogens with zero attached hydrogens (tertiary/aromatic N) is 3. The van der Waals surface area contributed by atoms with Crippen molar-refractivity contribution >= 4 is 0 Å². The second kappa shape index (κ2) is 4.48. The van der Waals surface area contributed by atoms with E-state index in [2.05, 4.69) is 27.2 Å². The lowest BCUT2D eigenvalue weighted by Gasteiger charge is -2.22. The van der Waals surface area contributed by atoms with E-state index in [0.717, 1.165) is 25.5 Å². The fraction of sp³-hybridized carbons (Fsp3) is 0.600. The third-order valence-corrected chi connectivity index (χ3v) is 2.67. The van der Waals surface area contributed by atoms with Crippen LogP contribution in [0.3, 0.4) is 0 Å². The molecule has 1 aromatic rings. The molecular formula is C10H16N4. The van der Waals surface area contributed by atoms with Crippen LogP contribution in [-0.2, 0) is 6.54 Å². The first-order chi connectivity index (χ1) is 6.86. The van der Waals surface area contributed by atoms with Gasteiger partial charge in [-0.05, 0) is 26.1 Å². The Morgan fingerprint density at radius 1 is 1.50 bits per heavy atom. The predicted octanol–water partition coefficient (Wildman–Crippen LogP) is 0.270. The summed E-state index contributed by atoms with van der Waals surface area (Å²) in [6.07, 6.45) is 4.81. The lowest BCUT2D eigenvalue weighted by atomic mass is 10.2. The van der Waals surface area contributed by atoms with Crippen LogP contribution in [-0.4, -0.2) is 41.0 Å². The van der Waals surface area contributed by atoms with Crippen molar-refractivity contribution in [2.75, 3.05) is 20.1 Å². The third kappa shape index (κ3) is 2.27. The summed E-state index contributed by atoms with van der Waals surface area (Å²) in [6, 6.07) is 2.49. The number of nitrogens with one attached hydrogen (secondary N) is 1. The smallest absolute Gasteiger partial charge is 0.142 e. The standard InChI is InChI=1S/C10H16N4/c1-14(9-3-6-11-7-9)8-10-12-4-2-5-13-10/h2,4-5,9,11H,3,6-8H2,1H3/t9-/m1/s1. The number of hydrogen-bond acceptors (Lipinski definition) is 4. The van der Waals surface area contributed by atoms with E-state index in [0.29, 0.717) is 6.04 Å². The van der Waals surface area contributed by atoms with Crippen molar-refractivity contribution in [2.24, 2.45) is 0 Å². The van der Waals surface area contributed by atoms with Crippen LogP contribution in [0.4, 0.5) is 0 Å². The fourth-order valence-electron chi connectivity index (χ4n) is 1.78. The van der Waals surface area contributed by atoms with Crippen LogP contribution < -0.4 is 5.32 Å². The first-order valence-electron chi connectivity index (χ1n) is 5.03. The number of hydrogen-bond donors (Lipinski definition) is 1. The summed E-state index contributed by atoms with van der Waals surface area (Å²) in [6.45, 7) is 3.06. The normalized spacial score (nSPS) is 21.7. The molecule has 0 saturated carbocycles. The molecule has 0 amide bonds. The van der Waals surface area contributed by atoms with E-state index in [1.54, 1.807) is 12.4 Å². The van der Waals surface area contributed by atoms with Gasteiger partial charge in [0.05, 0.1) is 6.54 Å². The molecule has 0 aliphatic carbocycles. The zero-order valence-electron chi connectivity index (χ0n) is 8.48. The molecule has 2 heterocycles. The van der Waals surface area contributed by atoms with Gasteiger partial charge in [0.1, 0.15) is 5.82 Å². The number of rotatable bonds is 3. The minimum Gasteiger partial charge on any atom is -0.315 e. The molecule has 1 fully saturated rings. The Hall–Kier alpha value is -1.00. The molecule has 76 valence electrons. The Kier molecular flexibility index (Phi) is 3.06. The van der Waals surface area contributed by atoms with Crippen molar-refractivity contribution < 1.29 is 0 Å². The Bertz CT molecular complexity index is 269. The summed E-state index contributed by atoms with van der Waals surface area (Å²) in [5, 5.41) is 3.36. The molecule has 0 radical (unpaired) electrons. The van der Waals surface area contributed by atoms with Gasteiger partial charge in [-0.3, -0.25) is 4.90 Å². The highest BCUT2D eigenvalue weighted by Gasteiger charge is 2.19. The Morgan fingerprint density at radius 2 is 2.29 bits per heavy atom. The van der Waals surface area contributed by atoms with Crippen LogP contribution in [0.5, 0.6) is 0 Å². The molecule has 4 heteroatoms. The zero-order chi connectivity index (χ0) is 9.80. The highest BCUT2D eigenvalue weighted by molar-refractivity contribution is 4.90. The Balaban J connectivity index is 1.90. The third-order valence-electron chi connectivity index (χ3n) is 2.67. The highest BCUT2D eigenvalue weighted by atomic mass is 15.2. The second-order valence-electron chi connectivity index (χ2n) is 3.73. The fourth-order valence-corrected chi connectivity index (χ4v) is 1.78. The quantitative estimate of drug-likeness (QED) is 0.746. The first kappa shape index (κ1) is 9.55. The first-order valence-corrected chi connectivity index (χ1v) is 5.03. The van der Waals surface area contributed by atoms with E-state index in [-0.39, 0.29) is 0 Å². The highest BCUT2D eigenvalue weighted by Crippen LogP contribution is 2.08. The van der Waals surface area contributed by atoms with Crippen LogP contribution in [0.15, 0.2) is 18.5 Å². The molecule has 1 aliphatic heterocycles. The molecule has 1 N–H and O–H groups in total. The van der Waals surface area contributed by atoms with E-state index in [4.69, 9.17) is 0 Å². The van der Waals surface area contributed by atoms with Crippen molar-refractivity contribution in [3.05, 3.63) is 24.3 Å². The average Bonchev–Trinajstić information content (AvgIpc) is 2.72. The molecular weight excluding hydrogens is 176 g/mol. The van der Waals surface area contributed by atoms with Crippen molar-refractivity contribution in [1.29, 1.82) is 0 Å². The topological polar surface area (TPSA) is 41.1 Å². The lowest BCUT2D eigenvalue weighted by molar-refractivity contribution is 0.243. The van der Waals surface area contributed by atoms with Crippen LogP contribution in [0.1, 0.15) is 12.2 Å². The molecule has 4 nitrogen and oxygen atoms in total. The van der Waals surface area contributed by atoms with Crippen molar-refractivity contribution in [3.63, 3.8) is 0 Å². The van der Waals surface area contributed by atoms with E-state index < -0.39 is 0 Å². The van der Waals surface area contributed by atoms with Gasteiger partial charge in [0.25, 0.3) is 0 Å². The molecule has 1 aromatic heterocycles. The lowest BCUT2D eigenvalue weighted by Crippen LogP contribution is -2.33. The Morgan fingerprint density at radius 3 is 2.93 bits per heavy atom. The van der Waals surface area contributed by atoms with Gasteiger partial charge in [0.2, 0.25) is 0 Å². The summed E-state index contributed by atoms with van der Waals surface area (Å²) < 4.78 is 0. The van der Waals surface area contributed by atoms with E-state index in [9.17, 15) is 0 Å². The molecule has 0 unspecified atom stereocenters. The Labute approximate surface area is 84.4 Å². The van der Waals surface area contributed by atoms with Gasteiger partial charge in [-0.2, -0.15) is 0 Å². The van der Waals surface area contributed by atoms with Crippen LogP contribution in [0.2, 0.25) is 0 Å². The summed E-state index contributed by atoms with van der Waals surface area (Å²) >= 11 is 0. The molecule has 1 aliphatic rings. The summed E-state index contributed by atoms with van der Waals surface area (Å²) in [7, 11) is 2.13. The summed E-state index contributed by atoms with van der Waals surface area (Å²) in [4.78, 5) is 10.7. The maximum absolute atomic E-state index is 4.22. The molecule has 0 bridgehead atoms. The van der Waals surface area contributed by atoms with Crippen LogP contribution >= 0.6 is 0 Å². The summed E-state index contributed by atoms with van der Waals surface area (Å²) in [5.74, 6) is 0.905. The van der Waals surface area contributed by atoms with Crippen LogP contribution in [0, 0.1) is 0 Å². The van der Waals surface area contributed by atoms with Gasteiger partial charge in [-0.25, -0.2) is 9.97 Å². The van der Waals surface area contributed by atoms with Crippen molar-refractivity contribution in [3.8, 4) is 0 Å². The van der Waals surface area contributed by atoms with Crippen molar-refractivity contribution in [1.82, 2.24) is 20.2 Å². The molecule has 1 atom stereocenters. The predicted molar refractivity (Wildman–Crippen MR) is 54.8 cm³/mol. The van der Waals surface area contributed by atoms with Crippen molar-refractivity contribution in [2.45, 2.75) is 19.0 Å². The molecule has 1 saturated heterocycles. The molecule has 0 spiro atoms. The maximum atomic E-state index is 4.22. The van der Waals surface area contributed by atoms with Gasteiger partial charge in [-0.15, -0.1) is 0 Å². The molecule has 0 aromatic carbocycles. The average molecular weight is 192 g/mol. The van der Waals surface area contributed by atoms with E-state index >= 15 is 0 Å². The van der Waals surface area contributed by atoms with Gasteiger partial charge in [-0.1, -0.05) is 0 Å². The zero-order valence-corrected chi connectivity index (χ0v) is 8.48. The second-order valence-corrected chi connectivity index (χ2v) is 3.73. The van der Waals surface area contributed by atoms with E-state index in [1.807, 2.05) is 6.07 Å². The largest absolute Gasteiger partial charge is 0.315 e. The van der Waals surface area contributed by atoms with Gasteiger partial charge in [0.15, 0.2) is 0 Å². The van der Waals surface area contributed by atoms with Gasteiger partial charge in [0, 0.05) is 25.0 Å². The monoisotopic (exact) mass is 192 g/mol. The number of aromatic nitrogens is 2. The molecule has 14 heavy (non-hydrogen) atoms. The minimum absolute atomic E-state index is 0.638. The summed E-state index contributed by atoms with van der Waals surface area (Å²) in [5.41, 5.74) is 0. The van der Waals surface area contributed by atoms with Crippen LogP contribution in [0.25, 0.3) is 0 Å².